The average Bonchev–Trinajstić information content (AvgIpc) is 2.08. The highest BCUT2D eigenvalue weighted by Gasteiger charge is 2.08. The van der Waals surface area contributed by atoms with E-state index in [-0.39, 0.29) is 5.56 Å². The fraction of sp³-hybridized carbons (Fsp3) is 0.250. The number of hydrogen-bond acceptors (Lipinski definition) is 3. The minimum atomic E-state index is -0.487. The molecule has 0 fully saturated rings. The van der Waals surface area contributed by atoms with Crippen LogP contribution in [0.2, 0.25) is 0 Å². The molecule has 1 aromatic heterocycles. The van der Waals surface area contributed by atoms with E-state index < -0.39 is 5.97 Å². The quantitative estimate of drug-likeness (QED) is 0.618. The Morgan fingerprint density at radius 1 is 1.58 bits per heavy atom. The number of carbonyl (C=O) groups is 1. The van der Waals surface area contributed by atoms with Gasteiger partial charge in [0.1, 0.15) is 0 Å². The molecule has 0 bridgehead atoms. The molecule has 1 N–H and O–H groups in total. The number of H-pyrrole nitrogens is 1. The number of esters is 1. The predicted molar refractivity (Wildman–Crippen MR) is 43.1 cm³/mol. The molecule has 0 saturated carbocycles. The van der Waals surface area contributed by atoms with Crippen LogP contribution in [0.1, 0.15) is 15.9 Å². The fourth-order valence-electron chi connectivity index (χ4n) is 0.874. The number of methoxy groups -OCH3 is 1. The van der Waals surface area contributed by atoms with Gasteiger partial charge in [0, 0.05) is 12.3 Å². The van der Waals surface area contributed by atoms with Gasteiger partial charge in [0.2, 0.25) is 5.56 Å². The number of aromatic nitrogens is 1. The molecule has 4 heteroatoms. The van der Waals surface area contributed by atoms with Crippen molar-refractivity contribution in [1.82, 2.24) is 4.98 Å². The van der Waals surface area contributed by atoms with Gasteiger partial charge in [0.25, 0.3) is 0 Å². The van der Waals surface area contributed by atoms with E-state index >= 15 is 0 Å². The van der Waals surface area contributed by atoms with Crippen LogP contribution in [-0.2, 0) is 4.74 Å². The third-order valence-electron chi connectivity index (χ3n) is 1.54. The van der Waals surface area contributed by atoms with E-state index in [4.69, 9.17) is 0 Å². The minimum absolute atomic E-state index is 0.305. The lowest BCUT2D eigenvalue weighted by molar-refractivity contribution is 0.0599. The Bertz CT molecular complexity index is 354. The SMILES string of the molecule is COC(=O)c1cc(=O)[nH]cc1C. The molecule has 0 aromatic carbocycles. The van der Waals surface area contributed by atoms with E-state index in [0.29, 0.717) is 11.1 Å². The van der Waals surface area contributed by atoms with Gasteiger partial charge in [-0.1, -0.05) is 0 Å². The molecule has 4 nitrogen and oxygen atoms in total. The Balaban J connectivity index is 3.22. The molecular formula is C8H9NO3. The molecule has 0 spiro atoms. The molecule has 0 saturated heterocycles. The van der Waals surface area contributed by atoms with Gasteiger partial charge in [0.05, 0.1) is 12.7 Å². The Labute approximate surface area is 69.2 Å². The number of aromatic amines is 1. The monoisotopic (exact) mass is 167 g/mol. The average molecular weight is 167 g/mol. The minimum Gasteiger partial charge on any atom is -0.465 e. The molecule has 0 aliphatic carbocycles. The maximum absolute atomic E-state index is 11.0. The third kappa shape index (κ3) is 1.53. The molecule has 1 rings (SSSR count). The van der Waals surface area contributed by atoms with Gasteiger partial charge in [0.15, 0.2) is 0 Å². The summed E-state index contributed by atoms with van der Waals surface area (Å²) < 4.78 is 4.48. The van der Waals surface area contributed by atoms with Gasteiger partial charge in [-0.05, 0) is 12.5 Å². The van der Waals surface area contributed by atoms with Crippen molar-refractivity contribution < 1.29 is 9.53 Å². The molecule has 0 aliphatic rings. The van der Waals surface area contributed by atoms with Gasteiger partial charge >= 0.3 is 5.97 Å². The molecular weight excluding hydrogens is 158 g/mol. The van der Waals surface area contributed by atoms with Gasteiger partial charge in [-0.3, -0.25) is 4.79 Å². The fourth-order valence-corrected chi connectivity index (χ4v) is 0.874. The van der Waals surface area contributed by atoms with Crippen LogP contribution in [0.5, 0.6) is 0 Å². The van der Waals surface area contributed by atoms with Crippen LogP contribution in [-0.4, -0.2) is 18.1 Å². The zero-order chi connectivity index (χ0) is 9.14. The molecule has 12 heavy (non-hydrogen) atoms. The molecule has 0 atom stereocenters. The summed E-state index contributed by atoms with van der Waals surface area (Å²) in [6.07, 6.45) is 1.48. The Morgan fingerprint density at radius 2 is 2.25 bits per heavy atom. The second-order valence-electron chi connectivity index (χ2n) is 2.39. The van der Waals surface area contributed by atoms with Crippen LogP contribution in [0, 0.1) is 6.92 Å². The van der Waals surface area contributed by atoms with Crippen molar-refractivity contribution in [3.63, 3.8) is 0 Å². The highest BCUT2D eigenvalue weighted by Crippen LogP contribution is 2.03. The topological polar surface area (TPSA) is 59.2 Å². The predicted octanol–water partition coefficient (Wildman–Crippen LogP) is 0.470. The summed E-state index contributed by atoms with van der Waals surface area (Å²) in [4.78, 5) is 24.3. The summed E-state index contributed by atoms with van der Waals surface area (Å²) >= 11 is 0. The van der Waals surface area contributed by atoms with Crippen molar-refractivity contribution in [3.8, 4) is 0 Å². The zero-order valence-corrected chi connectivity index (χ0v) is 6.88. The van der Waals surface area contributed by atoms with Crippen molar-refractivity contribution >= 4 is 5.97 Å². The first-order valence-corrected chi connectivity index (χ1v) is 3.43. The molecule has 0 amide bonds. The van der Waals surface area contributed by atoms with Gasteiger partial charge in [-0.15, -0.1) is 0 Å². The number of pyridine rings is 1. The Morgan fingerprint density at radius 3 is 2.83 bits per heavy atom. The molecule has 0 unspecified atom stereocenters. The van der Waals surface area contributed by atoms with Crippen molar-refractivity contribution in [2.24, 2.45) is 0 Å². The normalized spacial score (nSPS) is 9.50. The van der Waals surface area contributed by atoms with E-state index in [9.17, 15) is 9.59 Å². The summed E-state index contributed by atoms with van der Waals surface area (Å²) in [6.45, 7) is 1.72. The van der Waals surface area contributed by atoms with Crippen LogP contribution in [0.25, 0.3) is 0 Å². The van der Waals surface area contributed by atoms with Gasteiger partial charge < -0.3 is 9.72 Å². The first-order chi connectivity index (χ1) is 5.65. The van der Waals surface area contributed by atoms with E-state index in [0.717, 1.165) is 0 Å². The summed E-state index contributed by atoms with van der Waals surface area (Å²) in [5, 5.41) is 0. The highest BCUT2D eigenvalue weighted by atomic mass is 16.5. The molecule has 64 valence electrons. The molecule has 1 heterocycles. The Kier molecular flexibility index (Phi) is 2.28. The van der Waals surface area contributed by atoms with Crippen LogP contribution >= 0.6 is 0 Å². The maximum atomic E-state index is 11.0. The summed E-state index contributed by atoms with van der Waals surface area (Å²) in [5.74, 6) is -0.487. The first-order valence-electron chi connectivity index (χ1n) is 3.43. The summed E-state index contributed by atoms with van der Waals surface area (Å²) in [5.41, 5.74) is 0.698. The van der Waals surface area contributed by atoms with E-state index in [1.165, 1.54) is 19.4 Å². The van der Waals surface area contributed by atoms with Crippen molar-refractivity contribution in [2.75, 3.05) is 7.11 Å². The second kappa shape index (κ2) is 3.21. The van der Waals surface area contributed by atoms with E-state index in [1.807, 2.05) is 0 Å². The number of ether oxygens (including phenoxy) is 1. The lowest BCUT2D eigenvalue weighted by atomic mass is 10.2. The van der Waals surface area contributed by atoms with E-state index in [1.54, 1.807) is 6.92 Å². The highest BCUT2D eigenvalue weighted by molar-refractivity contribution is 5.90. The van der Waals surface area contributed by atoms with Crippen LogP contribution < -0.4 is 5.56 Å². The molecule has 0 aliphatic heterocycles. The smallest absolute Gasteiger partial charge is 0.338 e. The van der Waals surface area contributed by atoms with E-state index in [2.05, 4.69) is 9.72 Å². The van der Waals surface area contributed by atoms with Crippen LogP contribution in [0.4, 0.5) is 0 Å². The largest absolute Gasteiger partial charge is 0.465 e. The molecule has 0 radical (unpaired) electrons. The van der Waals surface area contributed by atoms with Crippen molar-refractivity contribution in [3.05, 3.63) is 33.7 Å². The third-order valence-corrected chi connectivity index (χ3v) is 1.54. The van der Waals surface area contributed by atoms with Crippen LogP contribution in [0.15, 0.2) is 17.1 Å². The Hall–Kier alpha value is -1.58. The number of rotatable bonds is 1. The van der Waals surface area contributed by atoms with Gasteiger partial charge in [-0.25, -0.2) is 4.79 Å². The van der Waals surface area contributed by atoms with Crippen LogP contribution in [0.3, 0.4) is 0 Å². The van der Waals surface area contributed by atoms with Crippen molar-refractivity contribution in [1.29, 1.82) is 0 Å². The lowest BCUT2D eigenvalue weighted by Gasteiger charge is -2.00. The number of nitrogens with one attached hydrogen (secondary N) is 1. The summed E-state index contributed by atoms with van der Waals surface area (Å²) in [7, 11) is 1.28. The standard InChI is InChI=1S/C8H9NO3/c1-5-4-9-7(10)3-6(5)8(11)12-2/h3-4H,1-2H3,(H,9,10). The second-order valence-corrected chi connectivity index (χ2v) is 2.39. The summed E-state index contributed by atoms with van der Waals surface area (Å²) in [6, 6.07) is 1.22. The lowest BCUT2D eigenvalue weighted by Crippen LogP contribution is -2.11. The maximum Gasteiger partial charge on any atom is 0.338 e. The zero-order valence-electron chi connectivity index (χ0n) is 6.88. The molecule has 1 aromatic rings. The number of carbonyl (C=O) groups excluding carboxylic acids is 1. The number of aryl methyl sites for hydroxylation is 1. The van der Waals surface area contributed by atoms with Gasteiger partial charge in [-0.2, -0.15) is 0 Å². The first kappa shape index (κ1) is 8.52. The number of hydrogen-bond donors (Lipinski definition) is 1. The van der Waals surface area contributed by atoms with Crippen molar-refractivity contribution in [2.45, 2.75) is 6.92 Å².